The van der Waals surface area contributed by atoms with Gasteiger partial charge in [0.25, 0.3) is 0 Å². The van der Waals surface area contributed by atoms with Crippen LogP contribution < -0.4 is 5.73 Å². The normalized spacial score (nSPS) is 27.4. The Morgan fingerprint density at radius 2 is 2.42 bits per heavy atom. The first-order chi connectivity index (χ1) is 5.66. The quantitative estimate of drug-likeness (QED) is 0.664. The molecule has 3 nitrogen and oxygen atoms in total. The number of rotatable bonds is 2. The maximum Gasteiger partial charge on any atom is 0.223 e. The first-order valence-electron chi connectivity index (χ1n) is 4.68. The predicted octanol–water partition coefficient (Wildman–Crippen LogP) is 0.735. The zero-order chi connectivity index (χ0) is 9.14. The summed E-state index contributed by atoms with van der Waals surface area (Å²) in [7, 11) is 0. The van der Waals surface area contributed by atoms with E-state index in [1.807, 2.05) is 11.8 Å². The molecule has 1 aliphatic rings. The van der Waals surface area contributed by atoms with E-state index in [1.54, 1.807) is 0 Å². The van der Waals surface area contributed by atoms with Crippen molar-refractivity contribution in [3.63, 3.8) is 0 Å². The fourth-order valence-corrected chi connectivity index (χ4v) is 1.86. The van der Waals surface area contributed by atoms with E-state index in [-0.39, 0.29) is 11.9 Å². The molecule has 0 aromatic heterocycles. The molecule has 1 amide bonds. The second-order valence-corrected chi connectivity index (χ2v) is 3.63. The van der Waals surface area contributed by atoms with Crippen molar-refractivity contribution in [2.24, 2.45) is 5.73 Å². The van der Waals surface area contributed by atoms with E-state index < -0.39 is 0 Å². The van der Waals surface area contributed by atoms with E-state index in [2.05, 4.69) is 6.92 Å². The number of carbonyl (C=O) groups excluding carboxylic acids is 1. The molecule has 2 N–H and O–H groups in total. The van der Waals surface area contributed by atoms with Gasteiger partial charge >= 0.3 is 0 Å². The number of hydrogen-bond acceptors (Lipinski definition) is 2. The number of piperidine rings is 1. The van der Waals surface area contributed by atoms with Crippen LogP contribution >= 0.6 is 0 Å². The topological polar surface area (TPSA) is 46.3 Å². The number of nitrogens with zero attached hydrogens (tertiary/aromatic N) is 1. The van der Waals surface area contributed by atoms with Crippen LogP contribution in [0.2, 0.25) is 0 Å². The van der Waals surface area contributed by atoms with E-state index in [4.69, 9.17) is 5.73 Å². The van der Waals surface area contributed by atoms with Crippen LogP contribution in [0.1, 0.15) is 33.1 Å². The Kier molecular flexibility index (Phi) is 3.09. The maximum absolute atomic E-state index is 11.5. The van der Waals surface area contributed by atoms with Crippen molar-refractivity contribution in [1.82, 2.24) is 4.90 Å². The van der Waals surface area contributed by atoms with Gasteiger partial charge in [-0.2, -0.15) is 0 Å². The van der Waals surface area contributed by atoms with E-state index in [9.17, 15) is 4.79 Å². The highest BCUT2D eigenvalue weighted by Gasteiger charge is 2.27. The Morgan fingerprint density at radius 3 is 2.92 bits per heavy atom. The lowest BCUT2D eigenvalue weighted by atomic mass is 10.0. The Morgan fingerprint density at radius 1 is 1.75 bits per heavy atom. The number of hydrogen-bond donors (Lipinski definition) is 1. The van der Waals surface area contributed by atoms with E-state index in [0.717, 1.165) is 12.8 Å². The molecule has 70 valence electrons. The third-order valence-corrected chi connectivity index (χ3v) is 2.59. The first-order valence-corrected chi connectivity index (χ1v) is 4.68. The van der Waals surface area contributed by atoms with Crippen LogP contribution in [0.15, 0.2) is 0 Å². The standard InChI is InChI=1S/C9H18N2O/c1-7-4-3-5-9(12)11(7)8(2)6-10/h7-8H,3-6,10H2,1-2H3. The second-order valence-electron chi connectivity index (χ2n) is 3.63. The fraction of sp³-hybridized carbons (Fsp3) is 0.889. The van der Waals surface area contributed by atoms with E-state index in [1.165, 1.54) is 0 Å². The third-order valence-electron chi connectivity index (χ3n) is 2.59. The Labute approximate surface area is 73.9 Å². The van der Waals surface area contributed by atoms with Gasteiger partial charge in [0, 0.05) is 25.0 Å². The Bertz CT molecular complexity index is 166. The van der Waals surface area contributed by atoms with Gasteiger partial charge < -0.3 is 10.6 Å². The van der Waals surface area contributed by atoms with Gasteiger partial charge in [-0.15, -0.1) is 0 Å². The predicted molar refractivity (Wildman–Crippen MR) is 48.7 cm³/mol. The molecule has 12 heavy (non-hydrogen) atoms. The number of carbonyl (C=O) groups is 1. The largest absolute Gasteiger partial charge is 0.336 e. The van der Waals surface area contributed by atoms with Gasteiger partial charge in [0.2, 0.25) is 5.91 Å². The van der Waals surface area contributed by atoms with Gasteiger partial charge in [0.15, 0.2) is 0 Å². The summed E-state index contributed by atoms with van der Waals surface area (Å²) in [5.74, 6) is 0.270. The van der Waals surface area contributed by atoms with Crippen LogP contribution in [0.3, 0.4) is 0 Å². The summed E-state index contributed by atoms with van der Waals surface area (Å²) < 4.78 is 0. The Balaban J connectivity index is 2.62. The number of amides is 1. The summed E-state index contributed by atoms with van der Waals surface area (Å²) in [4.78, 5) is 13.4. The van der Waals surface area contributed by atoms with Gasteiger partial charge in [0.1, 0.15) is 0 Å². The number of nitrogens with two attached hydrogens (primary N) is 1. The van der Waals surface area contributed by atoms with Gasteiger partial charge in [0.05, 0.1) is 0 Å². The van der Waals surface area contributed by atoms with Gasteiger partial charge in [-0.3, -0.25) is 4.79 Å². The van der Waals surface area contributed by atoms with Crippen molar-refractivity contribution >= 4 is 5.91 Å². The third kappa shape index (κ3) is 1.78. The molecule has 1 rings (SSSR count). The molecule has 1 aliphatic heterocycles. The van der Waals surface area contributed by atoms with Crippen molar-refractivity contribution < 1.29 is 4.79 Å². The second kappa shape index (κ2) is 3.90. The molecular formula is C9H18N2O. The zero-order valence-electron chi connectivity index (χ0n) is 7.92. The van der Waals surface area contributed by atoms with Crippen LogP contribution in [-0.4, -0.2) is 29.4 Å². The van der Waals surface area contributed by atoms with Crippen molar-refractivity contribution in [1.29, 1.82) is 0 Å². The number of likely N-dealkylation sites (tertiary alicyclic amines) is 1. The molecule has 0 bridgehead atoms. The van der Waals surface area contributed by atoms with Gasteiger partial charge in [-0.25, -0.2) is 0 Å². The molecular weight excluding hydrogens is 152 g/mol. The van der Waals surface area contributed by atoms with Crippen molar-refractivity contribution in [2.75, 3.05) is 6.54 Å². The van der Waals surface area contributed by atoms with Crippen LogP contribution in [0.25, 0.3) is 0 Å². The van der Waals surface area contributed by atoms with Crippen molar-refractivity contribution in [2.45, 2.75) is 45.2 Å². The zero-order valence-corrected chi connectivity index (χ0v) is 7.92. The average Bonchev–Trinajstić information content (AvgIpc) is 2.03. The molecule has 2 atom stereocenters. The lowest BCUT2D eigenvalue weighted by molar-refractivity contribution is -0.138. The van der Waals surface area contributed by atoms with Crippen LogP contribution in [0.4, 0.5) is 0 Å². The van der Waals surface area contributed by atoms with E-state index >= 15 is 0 Å². The minimum Gasteiger partial charge on any atom is -0.336 e. The lowest BCUT2D eigenvalue weighted by Gasteiger charge is -2.37. The summed E-state index contributed by atoms with van der Waals surface area (Å²) in [6.07, 6.45) is 2.86. The minimum atomic E-state index is 0.202. The molecule has 1 fully saturated rings. The van der Waals surface area contributed by atoms with Gasteiger partial charge in [-0.1, -0.05) is 0 Å². The molecule has 0 aliphatic carbocycles. The van der Waals surface area contributed by atoms with Crippen LogP contribution in [-0.2, 0) is 4.79 Å². The average molecular weight is 170 g/mol. The summed E-state index contributed by atoms with van der Waals surface area (Å²) in [6, 6.07) is 0.581. The van der Waals surface area contributed by atoms with Gasteiger partial charge in [-0.05, 0) is 26.7 Å². The molecule has 0 aromatic rings. The molecule has 0 spiro atoms. The molecule has 3 heteroatoms. The molecule has 1 heterocycles. The SMILES string of the molecule is CC(CN)N1C(=O)CCCC1C. The summed E-state index contributed by atoms with van der Waals surface area (Å²) in [6.45, 7) is 4.68. The molecule has 0 radical (unpaired) electrons. The monoisotopic (exact) mass is 170 g/mol. The fourth-order valence-electron chi connectivity index (χ4n) is 1.86. The van der Waals surface area contributed by atoms with Crippen LogP contribution in [0, 0.1) is 0 Å². The first kappa shape index (κ1) is 9.52. The Hall–Kier alpha value is -0.570. The molecule has 2 unspecified atom stereocenters. The highest BCUT2D eigenvalue weighted by molar-refractivity contribution is 5.77. The summed E-state index contributed by atoms with van der Waals surface area (Å²) in [5.41, 5.74) is 5.53. The maximum atomic E-state index is 11.5. The van der Waals surface area contributed by atoms with Crippen molar-refractivity contribution in [3.8, 4) is 0 Å². The molecule has 0 aromatic carbocycles. The lowest BCUT2D eigenvalue weighted by Crippen LogP contribution is -2.49. The summed E-state index contributed by atoms with van der Waals surface area (Å²) >= 11 is 0. The van der Waals surface area contributed by atoms with Crippen LogP contribution in [0.5, 0.6) is 0 Å². The van der Waals surface area contributed by atoms with Crippen molar-refractivity contribution in [3.05, 3.63) is 0 Å². The van der Waals surface area contributed by atoms with E-state index in [0.29, 0.717) is 19.0 Å². The highest BCUT2D eigenvalue weighted by atomic mass is 16.2. The smallest absolute Gasteiger partial charge is 0.223 e. The minimum absolute atomic E-state index is 0.202. The molecule has 1 saturated heterocycles. The molecule has 0 saturated carbocycles. The highest BCUT2D eigenvalue weighted by Crippen LogP contribution is 2.19. The summed E-state index contributed by atoms with van der Waals surface area (Å²) in [5, 5.41) is 0.